The zero-order valence-electron chi connectivity index (χ0n) is 13.1. The summed E-state index contributed by atoms with van der Waals surface area (Å²) >= 11 is 0. The van der Waals surface area contributed by atoms with Crippen LogP contribution in [0.3, 0.4) is 0 Å². The lowest BCUT2D eigenvalue weighted by Gasteiger charge is -2.29. The highest BCUT2D eigenvalue weighted by Gasteiger charge is 2.36. The molecule has 1 aliphatic rings. The van der Waals surface area contributed by atoms with Crippen molar-refractivity contribution in [1.29, 1.82) is 0 Å². The largest absolute Gasteiger partial charge is 0.383 e. The summed E-state index contributed by atoms with van der Waals surface area (Å²) in [6, 6.07) is 0.167. The fraction of sp³-hybridized carbons (Fsp3) is 0.933. The minimum absolute atomic E-state index is 0.0780. The molecule has 19 heavy (non-hydrogen) atoms. The van der Waals surface area contributed by atoms with E-state index in [9.17, 15) is 4.79 Å². The van der Waals surface area contributed by atoms with Crippen LogP contribution >= 0.6 is 0 Å². The molecule has 0 unspecified atom stereocenters. The average molecular weight is 271 g/mol. The molecule has 1 fully saturated rings. The molecule has 1 rings (SSSR count). The van der Waals surface area contributed by atoms with Crippen LogP contribution < -0.4 is 0 Å². The number of ether oxygens (including phenoxy) is 2. The van der Waals surface area contributed by atoms with Gasteiger partial charge in [0, 0.05) is 27.2 Å². The molecule has 112 valence electrons. The minimum atomic E-state index is 0.0780. The first-order chi connectivity index (χ1) is 8.93. The molecule has 2 atom stereocenters. The van der Waals surface area contributed by atoms with Gasteiger partial charge in [-0.2, -0.15) is 0 Å². The highest BCUT2D eigenvalue weighted by Crippen LogP contribution is 2.30. The van der Waals surface area contributed by atoms with Crippen LogP contribution in [0.4, 0.5) is 0 Å². The molecular weight excluding hydrogens is 242 g/mol. The van der Waals surface area contributed by atoms with Crippen molar-refractivity contribution in [1.82, 2.24) is 4.90 Å². The Morgan fingerprint density at radius 1 is 1.37 bits per heavy atom. The second-order valence-corrected chi connectivity index (χ2v) is 6.34. The van der Waals surface area contributed by atoms with Gasteiger partial charge in [-0.3, -0.25) is 4.79 Å². The van der Waals surface area contributed by atoms with Crippen molar-refractivity contribution < 1.29 is 14.3 Å². The first kappa shape index (κ1) is 16.4. The standard InChI is InChI=1S/C15H29NO3/c1-6-7-15(2,3)9-14(17)16-10-13(19-5)8-12(16)11-18-4/h12-13H,6-11H2,1-5H3/t12-,13+/m0/s1. The third-order valence-electron chi connectivity index (χ3n) is 3.95. The first-order valence-electron chi connectivity index (χ1n) is 7.24. The quantitative estimate of drug-likeness (QED) is 0.714. The summed E-state index contributed by atoms with van der Waals surface area (Å²) < 4.78 is 10.6. The molecule has 4 heteroatoms. The Labute approximate surface area is 117 Å². The van der Waals surface area contributed by atoms with E-state index in [1.807, 2.05) is 4.90 Å². The Morgan fingerprint density at radius 3 is 2.58 bits per heavy atom. The van der Waals surface area contributed by atoms with Crippen molar-refractivity contribution in [3.05, 3.63) is 0 Å². The SMILES string of the molecule is CCCC(C)(C)CC(=O)N1C[C@H](OC)C[C@H]1COC. The molecule has 1 aliphatic heterocycles. The van der Waals surface area contributed by atoms with Crippen LogP contribution in [0.25, 0.3) is 0 Å². The summed E-state index contributed by atoms with van der Waals surface area (Å²) in [5.41, 5.74) is 0.0780. The Hall–Kier alpha value is -0.610. The second kappa shape index (κ2) is 7.25. The van der Waals surface area contributed by atoms with E-state index < -0.39 is 0 Å². The Balaban J connectivity index is 2.63. The van der Waals surface area contributed by atoms with Gasteiger partial charge in [-0.05, 0) is 18.3 Å². The van der Waals surface area contributed by atoms with Gasteiger partial charge in [0.05, 0.1) is 18.8 Å². The molecule has 1 heterocycles. The lowest BCUT2D eigenvalue weighted by Crippen LogP contribution is -2.40. The highest BCUT2D eigenvalue weighted by atomic mass is 16.5. The van der Waals surface area contributed by atoms with Crippen LogP contribution in [0.15, 0.2) is 0 Å². The fourth-order valence-corrected chi connectivity index (χ4v) is 2.98. The summed E-state index contributed by atoms with van der Waals surface area (Å²) in [5, 5.41) is 0. The number of hydrogen-bond acceptors (Lipinski definition) is 3. The molecule has 1 amide bonds. The van der Waals surface area contributed by atoms with Gasteiger partial charge < -0.3 is 14.4 Å². The molecule has 0 aliphatic carbocycles. The van der Waals surface area contributed by atoms with Crippen molar-refractivity contribution in [3.8, 4) is 0 Å². The van der Waals surface area contributed by atoms with E-state index >= 15 is 0 Å². The summed E-state index contributed by atoms with van der Waals surface area (Å²) in [6.07, 6.45) is 3.83. The van der Waals surface area contributed by atoms with Crippen LogP contribution in [0.1, 0.15) is 46.5 Å². The summed E-state index contributed by atoms with van der Waals surface area (Å²) in [6.45, 7) is 7.80. The molecule has 0 spiro atoms. The number of likely N-dealkylation sites (tertiary alicyclic amines) is 1. The molecule has 0 aromatic rings. The zero-order chi connectivity index (χ0) is 14.5. The van der Waals surface area contributed by atoms with Gasteiger partial charge >= 0.3 is 0 Å². The second-order valence-electron chi connectivity index (χ2n) is 6.34. The van der Waals surface area contributed by atoms with E-state index in [-0.39, 0.29) is 23.5 Å². The number of carbonyl (C=O) groups excluding carboxylic acids is 1. The van der Waals surface area contributed by atoms with Crippen molar-refractivity contribution in [2.45, 2.75) is 58.6 Å². The van der Waals surface area contributed by atoms with E-state index in [0.717, 1.165) is 19.3 Å². The predicted molar refractivity (Wildman–Crippen MR) is 76.1 cm³/mol. The fourth-order valence-electron chi connectivity index (χ4n) is 2.98. The predicted octanol–water partition coefficient (Wildman–Crippen LogP) is 2.47. The van der Waals surface area contributed by atoms with Crippen molar-refractivity contribution >= 4 is 5.91 Å². The number of rotatable bonds is 7. The molecule has 0 aromatic heterocycles. The van der Waals surface area contributed by atoms with Crippen LogP contribution in [-0.4, -0.2) is 50.3 Å². The van der Waals surface area contributed by atoms with Gasteiger partial charge in [0.2, 0.25) is 5.91 Å². The van der Waals surface area contributed by atoms with Crippen molar-refractivity contribution in [2.75, 3.05) is 27.4 Å². The molecule has 0 saturated carbocycles. The van der Waals surface area contributed by atoms with Crippen LogP contribution in [-0.2, 0) is 14.3 Å². The number of methoxy groups -OCH3 is 2. The number of nitrogens with zero attached hydrogens (tertiary/aromatic N) is 1. The normalized spacial score (nSPS) is 23.9. The maximum absolute atomic E-state index is 12.5. The molecule has 1 saturated heterocycles. The highest BCUT2D eigenvalue weighted by molar-refractivity contribution is 5.77. The molecular formula is C15H29NO3. The third kappa shape index (κ3) is 4.77. The van der Waals surface area contributed by atoms with Crippen molar-refractivity contribution in [2.24, 2.45) is 5.41 Å². The summed E-state index contributed by atoms with van der Waals surface area (Å²) in [7, 11) is 3.40. The number of amides is 1. The smallest absolute Gasteiger partial charge is 0.223 e. The number of carbonyl (C=O) groups is 1. The Kier molecular flexibility index (Phi) is 6.27. The van der Waals surface area contributed by atoms with Gasteiger partial charge in [-0.25, -0.2) is 0 Å². The molecule has 0 N–H and O–H groups in total. The summed E-state index contributed by atoms with van der Waals surface area (Å²) in [4.78, 5) is 14.5. The molecule has 0 radical (unpaired) electrons. The number of hydrogen-bond donors (Lipinski definition) is 0. The lowest BCUT2D eigenvalue weighted by atomic mass is 9.84. The van der Waals surface area contributed by atoms with E-state index in [2.05, 4.69) is 20.8 Å². The monoisotopic (exact) mass is 271 g/mol. The molecule has 0 aromatic carbocycles. The van der Waals surface area contributed by atoms with E-state index in [4.69, 9.17) is 9.47 Å². The van der Waals surface area contributed by atoms with Gasteiger partial charge in [0.15, 0.2) is 0 Å². The van der Waals surface area contributed by atoms with E-state index in [1.54, 1.807) is 14.2 Å². The van der Waals surface area contributed by atoms with Crippen molar-refractivity contribution in [3.63, 3.8) is 0 Å². The average Bonchev–Trinajstić information content (AvgIpc) is 2.72. The van der Waals surface area contributed by atoms with Crippen LogP contribution in [0.2, 0.25) is 0 Å². The Morgan fingerprint density at radius 2 is 2.05 bits per heavy atom. The Bertz CT molecular complexity index is 291. The molecule has 0 bridgehead atoms. The molecule has 4 nitrogen and oxygen atoms in total. The van der Waals surface area contributed by atoms with E-state index in [1.165, 1.54) is 0 Å². The minimum Gasteiger partial charge on any atom is -0.383 e. The summed E-state index contributed by atoms with van der Waals surface area (Å²) in [5.74, 6) is 0.236. The maximum atomic E-state index is 12.5. The maximum Gasteiger partial charge on any atom is 0.223 e. The van der Waals surface area contributed by atoms with Gasteiger partial charge in [-0.15, -0.1) is 0 Å². The first-order valence-corrected chi connectivity index (χ1v) is 7.24. The third-order valence-corrected chi connectivity index (χ3v) is 3.95. The van der Waals surface area contributed by atoms with Gasteiger partial charge in [-0.1, -0.05) is 27.2 Å². The van der Waals surface area contributed by atoms with Gasteiger partial charge in [0.1, 0.15) is 0 Å². The van der Waals surface area contributed by atoms with E-state index in [0.29, 0.717) is 19.6 Å². The van der Waals surface area contributed by atoms with Crippen LogP contribution in [0, 0.1) is 5.41 Å². The lowest BCUT2D eigenvalue weighted by molar-refractivity contribution is -0.135. The van der Waals surface area contributed by atoms with Gasteiger partial charge in [0.25, 0.3) is 0 Å². The topological polar surface area (TPSA) is 38.8 Å². The zero-order valence-corrected chi connectivity index (χ0v) is 13.1. The van der Waals surface area contributed by atoms with Crippen LogP contribution in [0.5, 0.6) is 0 Å².